The summed E-state index contributed by atoms with van der Waals surface area (Å²) in [6.45, 7) is 4.97. The van der Waals surface area contributed by atoms with Crippen LogP contribution in [0.1, 0.15) is 32.0 Å². The fourth-order valence-corrected chi connectivity index (χ4v) is 2.39. The molecule has 0 unspecified atom stereocenters. The van der Waals surface area contributed by atoms with E-state index in [1.165, 1.54) is 6.33 Å². The van der Waals surface area contributed by atoms with Crippen LogP contribution < -0.4 is 10.6 Å². The van der Waals surface area contributed by atoms with Crippen LogP contribution in [0.2, 0.25) is 0 Å². The van der Waals surface area contributed by atoms with Crippen molar-refractivity contribution in [2.75, 3.05) is 6.54 Å². The zero-order chi connectivity index (χ0) is 21.3. The lowest BCUT2D eigenvalue weighted by atomic mass is 10.1. The molecule has 0 bridgehead atoms. The molecule has 1 atom stereocenters. The number of alkyl carbamates (subject to hydrolysis) is 1. The first kappa shape index (κ1) is 21.9. The third-order valence-electron chi connectivity index (χ3n) is 3.63. The topological polar surface area (TPSA) is 122 Å². The molecule has 1 aromatic carbocycles. The van der Waals surface area contributed by atoms with Crippen LogP contribution in [0.25, 0.3) is 0 Å². The molecule has 9 heteroatoms. The lowest BCUT2D eigenvalue weighted by molar-refractivity contribution is -0.154. The highest BCUT2D eigenvalue weighted by Crippen LogP contribution is 2.07. The third kappa shape index (κ3) is 8.46. The van der Waals surface area contributed by atoms with E-state index in [1.807, 2.05) is 30.3 Å². The van der Waals surface area contributed by atoms with Gasteiger partial charge in [0.25, 0.3) is 0 Å². The first-order valence-corrected chi connectivity index (χ1v) is 9.17. The Labute approximate surface area is 169 Å². The van der Waals surface area contributed by atoms with Gasteiger partial charge in [0.15, 0.2) is 0 Å². The average Bonchev–Trinajstić information content (AvgIpc) is 3.16. The van der Waals surface area contributed by atoms with Crippen molar-refractivity contribution in [1.29, 1.82) is 0 Å². The van der Waals surface area contributed by atoms with Gasteiger partial charge in [-0.05, 0) is 26.3 Å². The molecule has 156 valence electrons. The number of hydrogen-bond acceptors (Lipinski definition) is 6. The van der Waals surface area contributed by atoms with Crippen LogP contribution in [0.4, 0.5) is 4.79 Å². The van der Waals surface area contributed by atoms with Gasteiger partial charge in [-0.3, -0.25) is 9.59 Å². The van der Waals surface area contributed by atoms with Gasteiger partial charge in [0.05, 0.1) is 6.33 Å². The molecular weight excluding hydrogens is 376 g/mol. The standard InChI is InChI=1S/C20H26N4O5/c1-20(2,3)29-17(25)11-22-18(26)16(9-15-10-21-13-23-15)24-19(27)28-12-14-7-5-4-6-8-14/h4-8,10,13,16H,9,11-12H2,1-3H3,(H,21,23)(H,22,26)(H,24,27)/t16-/m0/s1. The van der Waals surface area contributed by atoms with E-state index in [1.54, 1.807) is 27.0 Å². The molecule has 1 aromatic heterocycles. The summed E-state index contributed by atoms with van der Waals surface area (Å²) in [5.41, 5.74) is 0.810. The van der Waals surface area contributed by atoms with Gasteiger partial charge in [0.2, 0.25) is 5.91 Å². The zero-order valence-corrected chi connectivity index (χ0v) is 16.7. The van der Waals surface area contributed by atoms with E-state index in [-0.39, 0.29) is 19.6 Å². The molecule has 1 heterocycles. The number of imidazole rings is 1. The van der Waals surface area contributed by atoms with Crippen molar-refractivity contribution in [3.63, 3.8) is 0 Å². The monoisotopic (exact) mass is 402 g/mol. The van der Waals surface area contributed by atoms with Crippen molar-refractivity contribution in [3.8, 4) is 0 Å². The van der Waals surface area contributed by atoms with Crippen LogP contribution >= 0.6 is 0 Å². The Morgan fingerprint density at radius 1 is 1.17 bits per heavy atom. The second-order valence-corrected chi connectivity index (χ2v) is 7.34. The molecule has 29 heavy (non-hydrogen) atoms. The minimum atomic E-state index is -0.957. The number of carbonyl (C=O) groups is 3. The van der Waals surface area contributed by atoms with Crippen molar-refractivity contribution < 1.29 is 23.9 Å². The lowest BCUT2D eigenvalue weighted by Gasteiger charge is -2.21. The lowest BCUT2D eigenvalue weighted by Crippen LogP contribution is -2.49. The van der Waals surface area contributed by atoms with Crippen molar-refractivity contribution in [3.05, 3.63) is 54.1 Å². The van der Waals surface area contributed by atoms with Gasteiger partial charge in [-0.2, -0.15) is 0 Å². The van der Waals surface area contributed by atoms with Crippen LogP contribution in [-0.4, -0.2) is 46.1 Å². The van der Waals surface area contributed by atoms with Gasteiger partial charge < -0.3 is 25.1 Å². The number of amides is 2. The molecule has 2 amide bonds. The van der Waals surface area contributed by atoms with Gasteiger partial charge in [-0.1, -0.05) is 30.3 Å². The fourth-order valence-electron chi connectivity index (χ4n) is 2.39. The van der Waals surface area contributed by atoms with E-state index >= 15 is 0 Å². The molecule has 0 saturated carbocycles. The predicted octanol–water partition coefficient (Wildman–Crippen LogP) is 1.71. The molecule has 0 aliphatic carbocycles. The van der Waals surface area contributed by atoms with Crippen LogP contribution in [0.5, 0.6) is 0 Å². The molecule has 0 aliphatic rings. The summed E-state index contributed by atoms with van der Waals surface area (Å²) in [6.07, 6.45) is 2.43. The maximum Gasteiger partial charge on any atom is 0.408 e. The quantitative estimate of drug-likeness (QED) is 0.578. The summed E-state index contributed by atoms with van der Waals surface area (Å²) >= 11 is 0. The Balaban J connectivity index is 1.92. The molecule has 0 radical (unpaired) electrons. The van der Waals surface area contributed by atoms with E-state index in [0.29, 0.717) is 5.69 Å². The van der Waals surface area contributed by atoms with Crippen molar-refractivity contribution in [2.45, 2.75) is 45.4 Å². The minimum absolute atomic E-state index is 0.0724. The summed E-state index contributed by atoms with van der Waals surface area (Å²) < 4.78 is 10.3. The number of nitrogens with zero attached hydrogens (tertiary/aromatic N) is 1. The number of aromatic nitrogens is 2. The van der Waals surface area contributed by atoms with Crippen LogP contribution in [0.15, 0.2) is 42.9 Å². The van der Waals surface area contributed by atoms with E-state index in [2.05, 4.69) is 20.6 Å². The van der Waals surface area contributed by atoms with Crippen LogP contribution in [0.3, 0.4) is 0 Å². The average molecular weight is 402 g/mol. The number of H-pyrrole nitrogens is 1. The predicted molar refractivity (Wildman–Crippen MR) is 105 cm³/mol. The van der Waals surface area contributed by atoms with Gasteiger partial charge in [0, 0.05) is 18.3 Å². The largest absolute Gasteiger partial charge is 0.459 e. The first-order chi connectivity index (χ1) is 13.7. The Kier molecular flexibility index (Phi) is 7.76. The number of rotatable bonds is 8. The molecule has 0 spiro atoms. The molecule has 2 rings (SSSR count). The van der Waals surface area contributed by atoms with Gasteiger partial charge >= 0.3 is 12.1 Å². The van der Waals surface area contributed by atoms with Crippen molar-refractivity contribution in [2.24, 2.45) is 0 Å². The Morgan fingerprint density at radius 2 is 1.90 bits per heavy atom. The fraction of sp³-hybridized carbons (Fsp3) is 0.400. The number of carbonyl (C=O) groups excluding carboxylic acids is 3. The summed E-state index contributed by atoms with van der Waals surface area (Å²) in [5.74, 6) is -1.11. The molecule has 0 fully saturated rings. The van der Waals surface area contributed by atoms with Crippen LogP contribution in [-0.2, 0) is 32.1 Å². The summed E-state index contributed by atoms with van der Waals surface area (Å²) in [7, 11) is 0. The second-order valence-electron chi connectivity index (χ2n) is 7.34. The number of esters is 1. The molecule has 0 aliphatic heterocycles. The summed E-state index contributed by atoms with van der Waals surface area (Å²) in [4.78, 5) is 43.3. The highest BCUT2D eigenvalue weighted by Gasteiger charge is 2.24. The number of nitrogens with one attached hydrogen (secondary N) is 3. The molecular formula is C20H26N4O5. The minimum Gasteiger partial charge on any atom is -0.459 e. The number of benzene rings is 1. The zero-order valence-electron chi connectivity index (χ0n) is 16.7. The van der Waals surface area contributed by atoms with E-state index in [0.717, 1.165) is 5.56 Å². The Hall–Kier alpha value is -3.36. The van der Waals surface area contributed by atoms with E-state index < -0.39 is 29.6 Å². The van der Waals surface area contributed by atoms with E-state index in [9.17, 15) is 14.4 Å². The van der Waals surface area contributed by atoms with Gasteiger partial charge in [-0.15, -0.1) is 0 Å². The normalized spacial score (nSPS) is 12.0. The van der Waals surface area contributed by atoms with E-state index in [4.69, 9.17) is 9.47 Å². The number of ether oxygens (including phenoxy) is 2. The van der Waals surface area contributed by atoms with Gasteiger partial charge in [-0.25, -0.2) is 9.78 Å². The highest BCUT2D eigenvalue weighted by atomic mass is 16.6. The molecule has 9 nitrogen and oxygen atoms in total. The number of aromatic amines is 1. The van der Waals surface area contributed by atoms with Crippen LogP contribution in [0, 0.1) is 0 Å². The highest BCUT2D eigenvalue weighted by molar-refractivity contribution is 5.88. The number of hydrogen-bond donors (Lipinski definition) is 3. The molecule has 2 aromatic rings. The van der Waals surface area contributed by atoms with Crippen molar-refractivity contribution >= 4 is 18.0 Å². The van der Waals surface area contributed by atoms with Gasteiger partial charge in [0.1, 0.15) is 24.8 Å². The van der Waals surface area contributed by atoms with Crippen molar-refractivity contribution in [1.82, 2.24) is 20.6 Å². The Bertz CT molecular complexity index is 800. The molecule has 0 saturated heterocycles. The first-order valence-electron chi connectivity index (χ1n) is 9.17. The summed E-state index contributed by atoms with van der Waals surface area (Å²) in [5, 5.41) is 5.00. The maximum absolute atomic E-state index is 12.5. The smallest absolute Gasteiger partial charge is 0.408 e. The SMILES string of the molecule is CC(C)(C)OC(=O)CNC(=O)[C@H](Cc1cnc[nH]1)NC(=O)OCc1ccccc1. The Morgan fingerprint density at radius 3 is 2.52 bits per heavy atom. The second kappa shape index (κ2) is 10.3. The molecule has 3 N–H and O–H groups in total. The third-order valence-corrected chi connectivity index (χ3v) is 3.63. The summed E-state index contributed by atoms with van der Waals surface area (Å²) in [6, 6.07) is 8.22. The maximum atomic E-state index is 12.5.